The molecule has 1 aromatic heterocycles. The molecule has 1 amide bonds. The summed E-state index contributed by atoms with van der Waals surface area (Å²) in [4.78, 5) is 15.8. The van der Waals surface area contributed by atoms with Crippen LogP contribution < -0.4 is 5.32 Å². The van der Waals surface area contributed by atoms with Crippen molar-refractivity contribution in [2.45, 2.75) is 37.6 Å². The number of hydrogen-bond donors (Lipinski definition) is 6. The molecule has 1 saturated heterocycles. The molecule has 1 fully saturated rings. The van der Waals surface area contributed by atoms with E-state index in [1.54, 1.807) is 6.92 Å². The smallest absolute Gasteiger partial charge is 0.274 e. The SMILES string of the molecule is Cc1ccnc(C(=O)N[C@@H]2[C@@H](O)[C@H](O)[C@@H](CO)O[C@@H]2O)c1O.[Ac].[Ac].[Ac].[Ac]. The van der Waals surface area contributed by atoms with Crippen LogP contribution in [0.4, 0.5) is 0 Å². The molecule has 0 aromatic carbocycles. The Balaban J connectivity index is -0.00000132. The van der Waals surface area contributed by atoms with Crippen LogP contribution in [0, 0.1) is 183 Å². The van der Waals surface area contributed by atoms with E-state index in [0.29, 0.717) is 5.56 Å². The second kappa shape index (κ2) is 16.6. The molecule has 0 saturated carbocycles. The number of ether oxygens (including phenoxy) is 1. The van der Waals surface area contributed by atoms with Gasteiger partial charge in [-0.3, -0.25) is 4.79 Å². The van der Waals surface area contributed by atoms with Gasteiger partial charge in [0.05, 0.1) is 6.61 Å². The molecule has 4 radical (unpaired) electrons. The fourth-order valence-electron chi connectivity index (χ4n) is 2.19. The molecule has 2 heterocycles. The first-order valence-electron chi connectivity index (χ1n) is 6.62. The Morgan fingerprint density at radius 1 is 1.19 bits per heavy atom. The number of aliphatic hydroxyl groups excluding tert-OH is 4. The maximum atomic E-state index is 12.1. The summed E-state index contributed by atoms with van der Waals surface area (Å²) in [7, 11) is 0. The Morgan fingerprint density at radius 2 is 1.77 bits per heavy atom. The van der Waals surface area contributed by atoms with Gasteiger partial charge in [-0.1, -0.05) is 0 Å². The summed E-state index contributed by atoms with van der Waals surface area (Å²) < 4.78 is 4.92. The fraction of sp³-hybridized carbons (Fsp3) is 0.538. The van der Waals surface area contributed by atoms with Crippen LogP contribution in [0.25, 0.3) is 0 Å². The number of aromatic nitrogens is 1. The number of nitrogens with zero attached hydrogens (tertiary/aromatic N) is 1. The number of hydrogen-bond acceptors (Lipinski definition) is 8. The number of amides is 1. The summed E-state index contributed by atoms with van der Waals surface area (Å²) in [6, 6.07) is 0.168. The predicted octanol–water partition coefficient (Wildman–Crippen LogP) is -2.37. The average molecular weight is 1220 g/mol. The summed E-state index contributed by atoms with van der Waals surface area (Å²) >= 11 is 0. The second-order valence-electron chi connectivity index (χ2n) is 5.05. The van der Waals surface area contributed by atoms with Crippen molar-refractivity contribution in [1.82, 2.24) is 10.3 Å². The first-order chi connectivity index (χ1) is 10.4. The molecule has 0 unspecified atom stereocenters. The van der Waals surface area contributed by atoms with Gasteiger partial charge in [0, 0.05) is 182 Å². The average Bonchev–Trinajstić information content (AvgIpc) is 2.49. The zero-order valence-corrected chi connectivity index (χ0v) is 33.0. The number of aliphatic hydroxyl groups is 4. The number of nitrogens with one attached hydrogen (secondary N) is 1. The molecule has 13 heteroatoms. The molecule has 0 aliphatic carbocycles. The number of pyridine rings is 1. The zero-order valence-electron chi connectivity index (χ0n) is 14.1. The third kappa shape index (κ3) is 8.85. The van der Waals surface area contributed by atoms with Crippen LogP contribution in [0.15, 0.2) is 12.3 Å². The Morgan fingerprint density at radius 3 is 2.31 bits per heavy atom. The maximum Gasteiger partial charge on any atom is 0.274 e. The Kier molecular flexibility index (Phi) is 22.1. The molecule has 2 rings (SSSR count). The summed E-state index contributed by atoms with van der Waals surface area (Å²) in [5, 5.41) is 50.5. The minimum Gasteiger partial charge on any atom is -0.505 e. The van der Waals surface area contributed by atoms with Gasteiger partial charge in [0.25, 0.3) is 5.91 Å². The van der Waals surface area contributed by atoms with Crippen LogP contribution in [0.3, 0.4) is 0 Å². The van der Waals surface area contributed by atoms with Crippen molar-refractivity contribution in [3.63, 3.8) is 0 Å². The minimum atomic E-state index is -1.63. The van der Waals surface area contributed by atoms with Crippen molar-refractivity contribution in [3.05, 3.63) is 23.5 Å². The van der Waals surface area contributed by atoms with Crippen LogP contribution in [-0.2, 0) is 4.74 Å². The second-order valence-corrected chi connectivity index (χ2v) is 5.05. The summed E-state index contributed by atoms with van der Waals surface area (Å²) in [5.74, 6) is -1.17. The molecular formula is C13H18Ac4N2O7. The van der Waals surface area contributed by atoms with Crippen molar-refractivity contribution in [1.29, 1.82) is 0 Å². The molecule has 1 aromatic rings. The van der Waals surface area contributed by atoms with Gasteiger partial charge in [0.15, 0.2) is 12.0 Å². The third-order valence-electron chi connectivity index (χ3n) is 3.54. The molecule has 0 spiro atoms. The van der Waals surface area contributed by atoms with Crippen molar-refractivity contribution < 1.29 is 211 Å². The van der Waals surface area contributed by atoms with E-state index < -0.39 is 43.2 Å². The molecule has 9 nitrogen and oxygen atoms in total. The third-order valence-corrected chi connectivity index (χ3v) is 3.54. The van der Waals surface area contributed by atoms with Crippen LogP contribution in [0.1, 0.15) is 16.1 Å². The van der Waals surface area contributed by atoms with Gasteiger partial charge in [-0.15, -0.1) is 0 Å². The van der Waals surface area contributed by atoms with Crippen LogP contribution in [-0.4, -0.2) is 73.7 Å². The van der Waals surface area contributed by atoms with Gasteiger partial charge >= 0.3 is 0 Å². The van der Waals surface area contributed by atoms with Crippen LogP contribution >= 0.6 is 0 Å². The standard InChI is InChI=1S/C13H18N2O7.4Ac/c1-5-2-3-14-7(9(5)17)12(20)15-8-11(19)10(18)6(4-16)22-13(8)21;;;;/h2-3,6,8,10-11,13,16-19,21H,4H2,1H3,(H,15,20);;;;/t6-,8-,10-,11-,13+;;;;/m1..../s1. The largest absolute Gasteiger partial charge is 0.505 e. The van der Waals surface area contributed by atoms with Crippen molar-refractivity contribution >= 4 is 5.91 Å². The van der Waals surface area contributed by atoms with Crippen molar-refractivity contribution in [2.24, 2.45) is 0 Å². The van der Waals surface area contributed by atoms with Gasteiger partial charge in [-0.2, -0.15) is 0 Å². The van der Waals surface area contributed by atoms with E-state index in [1.165, 1.54) is 12.3 Å². The van der Waals surface area contributed by atoms with E-state index in [9.17, 15) is 25.2 Å². The molecule has 1 aliphatic heterocycles. The molecule has 6 N–H and O–H groups in total. The number of aryl methyl sites for hydroxylation is 1. The van der Waals surface area contributed by atoms with Gasteiger partial charge in [-0.05, 0) is 18.6 Å². The van der Waals surface area contributed by atoms with E-state index in [-0.39, 0.29) is 188 Å². The monoisotopic (exact) mass is 1220 g/mol. The summed E-state index contributed by atoms with van der Waals surface area (Å²) in [5.41, 5.74) is 0.152. The van der Waals surface area contributed by atoms with E-state index >= 15 is 0 Å². The number of aromatic hydroxyl groups is 1. The molecule has 0 bridgehead atoms. The van der Waals surface area contributed by atoms with E-state index in [4.69, 9.17) is 9.84 Å². The number of rotatable bonds is 3. The van der Waals surface area contributed by atoms with Gasteiger partial charge < -0.3 is 35.6 Å². The summed E-state index contributed by atoms with van der Waals surface area (Å²) in [6.45, 7) is 0.979. The Hall–Kier alpha value is 3.99. The van der Waals surface area contributed by atoms with E-state index in [2.05, 4.69) is 10.3 Å². The number of carbonyl (C=O) groups excluding carboxylic acids is 1. The minimum absolute atomic E-state index is 0. The molecule has 26 heavy (non-hydrogen) atoms. The Labute approximate surface area is 294 Å². The van der Waals surface area contributed by atoms with Crippen LogP contribution in [0.2, 0.25) is 0 Å². The first-order valence-corrected chi connectivity index (χ1v) is 6.62. The van der Waals surface area contributed by atoms with Crippen molar-refractivity contribution in [2.75, 3.05) is 6.61 Å². The fourth-order valence-corrected chi connectivity index (χ4v) is 2.19. The van der Waals surface area contributed by atoms with E-state index in [0.717, 1.165) is 0 Å². The van der Waals surface area contributed by atoms with Gasteiger partial charge in [0.2, 0.25) is 0 Å². The number of carbonyl (C=O) groups is 1. The van der Waals surface area contributed by atoms with Gasteiger partial charge in [0.1, 0.15) is 30.1 Å². The Bertz CT molecular complexity index is 569. The molecular weight excluding hydrogens is 1200 g/mol. The first kappa shape index (κ1) is 34.6. The normalized spacial score (nSPS) is 26.9. The quantitative estimate of drug-likeness (QED) is 0.197. The van der Waals surface area contributed by atoms with Crippen LogP contribution in [0.5, 0.6) is 5.75 Å². The molecule has 134 valence electrons. The topological polar surface area (TPSA) is 152 Å². The predicted molar refractivity (Wildman–Crippen MR) is 71.9 cm³/mol. The molecule has 5 atom stereocenters. The molecule has 1 aliphatic rings. The van der Waals surface area contributed by atoms with Crippen molar-refractivity contribution in [3.8, 4) is 5.75 Å². The zero-order chi connectivity index (χ0) is 16.4. The van der Waals surface area contributed by atoms with E-state index in [1.807, 2.05) is 0 Å². The summed E-state index contributed by atoms with van der Waals surface area (Å²) in [6.07, 6.45) is -4.52. The van der Waals surface area contributed by atoms with Gasteiger partial charge in [-0.25, -0.2) is 4.98 Å². The maximum absolute atomic E-state index is 12.1.